The molecule has 2 rings (SSSR count). The van der Waals surface area contributed by atoms with Gasteiger partial charge in [0.1, 0.15) is 17.2 Å². The molecule has 0 aromatic heterocycles. The third-order valence-corrected chi connectivity index (χ3v) is 2.50. The van der Waals surface area contributed by atoms with Crippen LogP contribution in [-0.2, 0) is 0 Å². The minimum atomic E-state index is 0.105. The Bertz CT molecular complexity index is 564. The van der Waals surface area contributed by atoms with Crippen molar-refractivity contribution in [2.45, 2.75) is 26.9 Å². The Kier molecular flexibility index (Phi) is 3.95. The van der Waals surface area contributed by atoms with Gasteiger partial charge in [-0.1, -0.05) is 12.1 Å². The average Bonchev–Trinajstić information content (AvgIpc) is 2.26. The molecule has 0 amide bonds. The summed E-state index contributed by atoms with van der Waals surface area (Å²) in [6.07, 6.45) is 0.105. The van der Waals surface area contributed by atoms with Gasteiger partial charge in [0.2, 0.25) is 0 Å². The average molecular weight is 257 g/mol. The molecule has 0 saturated carbocycles. The Morgan fingerprint density at radius 3 is 2.37 bits per heavy atom. The lowest BCUT2D eigenvalue weighted by atomic mass is 10.2. The number of rotatable bonds is 4. The highest BCUT2D eigenvalue weighted by Crippen LogP contribution is 2.29. The summed E-state index contributed by atoms with van der Waals surface area (Å²) in [6.45, 7) is 5.98. The number of hydrogen-bond acceptors (Lipinski definition) is 3. The first-order valence-electron chi connectivity index (χ1n) is 6.34. The Morgan fingerprint density at radius 2 is 1.68 bits per heavy atom. The first-order chi connectivity index (χ1) is 9.02. The van der Waals surface area contributed by atoms with Gasteiger partial charge in [0.25, 0.3) is 0 Å². The fraction of sp³-hybridized carbons (Fsp3) is 0.250. The lowest BCUT2D eigenvalue weighted by molar-refractivity contribution is 0.242. The van der Waals surface area contributed by atoms with Crippen molar-refractivity contribution in [1.29, 1.82) is 0 Å². The molecule has 0 spiro atoms. The maximum Gasteiger partial charge on any atom is 0.133 e. The summed E-state index contributed by atoms with van der Waals surface area (Å²) in [5, 5.41) is 0. The van der Waals surface area contributed by atoms with Crippen LogP contribution in [-0.4, -0.2) is 6.10 Å². The van der Waals surface area contributed by atoms with E-state index < -0.39 is 0 Å². The van der Waals surface area contributed by atoms with E-state index >= 15 is 0 Å². The van der Waals surface area contributed by atoms with E-state index in [0.717, 1.165) is 17.1 Å². The molecule has 0 bridgehead atoms. The van der Waals surface area contributed by atoms with Crippen LogP contribution >= 0.6 is 0 Å². The first-order valence-corrected chi connectivity index (χ1v) is 6.34. The normalized spacial score (nSPS) is 10.5. The van der Waals surface area contributed by atoms with Crippen LogP contribution in [0.2, 0.25) is 0 Å². The van der Waals surface area contributed by atoms with Crippen LogP contribution in [0.25, 0.3) is 0 Å². The monoisotopic (exact) mass is 257 g/mol. The molecule has 19 heavy (non-hydrogen) atoms. The summed E-state index contributed by atoms with van der Waals surface area (Å²) in [7, 11) is 0. The molecular formula is C16H19NO2. The molecule has 2 N–H and O–H groups in total. The molecule has 2 aromatic rings. The van der Waals surface area contributed by atoms with Gasteiger partial charge in [-0.3, -0.25) is 0 Å². The molecule has 0 unspecified atom stereocenters. The van der Waals surface area contributed by atoms with Crippen LogP contribution in [0.15, 0.2) is 42.5 Å². The van der Waals surface area contributed by atoms with Crippen LogP contribution in [0.1, 0.15) is 19.4 Å². The van der Waals surface area contributed by atoms with Crippen LogP contribution in [0, 0.1) is 6.92 Å². The highest BCUT2D eigenvalue weighted by Gasteiger charge is 2.04. The van der Waals surface area contributed by atoms with Crippen molar-refractivity contribution in [3.8, 4) is 17.2 Å². The van der Waals surface area contributed by atoms with Crippen molar-refractivity contribution in [2.24, 2.45) is 0 Å². The van der Waals surface area contributed by atoms with Gasteiger partial charge in [-0.2, -0.15) is 0 Å². The van der Waals surface area contributed by atoms with Crippen LogP contribution in [0.5, 0.6) is 17.2 Å². The Labute approximate surface area is 114 Å². The van der Waals surface area contributed by atoms with Gasteiger partial charge in [0.15, 0.2) is 0 Å². The van der Waals surface area contributed by atoms with Gasteiger partial charge in [-0.15, -0.1) is 0 Å². The van der Waals surface area contributed by atoms with Gasteiger partial charge >= 0.3 is 0 Å². The van der Waals surface area contributed by atoms with Gasteiger partial charge < -0.3 is 15.2 Å². The second kappa shape index (κ2) is 5.65. The molecule has 0 fully saturated rings. The van der Waals surface area contributed by atoms with E-state index in [0.29, 0.717) is 11.4 Å². The van der Waals surface area contributed by atoms with Crippen LogP contribution in [0.3, 0.4) is 0 Å². The number of nitrogen functional groups attached to an aromatic ring is 1. The molecule has 100 valence electrons. The van der Waals surface area contributed by atoms with E-state index in [1.807, 2.05) is 51.1 Å². The number of ether oxygens (including phenoxy) is 2. The van der Waals surface area contributed by atoms with E-state index in [9.17, 15) is 0 Å². The maximum absolute atomic E-state index is 5.86. The van der Waals surface area contributed by atoms with Gasteiger partial charge in [-0.05, 0) is 38.5 Å². The third-order valence-electron chi connectivity index (χ3n) is 2.50. The fourth-order valence-electron chi connectivity index (χ4n) is 1.81. The highest BCUT2D eigenvalue weighted by atomic mass is 16.5. The summed E-state index contributed by atoms with van der Waals surface area (Å²) >= 11 is 0. The fourth-order valence-corrected chi connectivity index (χ4v) is 1.81. The molecule has 0 saturated heterocycles. The topological polar surface area (TPSA) is 44.5 Å². The first kappa shape index (κ1) is 13.3. The van der Waals surface area contributed by atoms with E-state index in [4.69, 9.17) is 15.2 Å². The second-order valence-electron chi connectivity index (χ2n) is 4.82. The second-order valence-corrected chi connectivity index (χ2v) is 4.82. The number of nitrogens with two attached hydrogens (primary N) is 1. The van der Waals surface area contributed by atoms with Crippen molar-refractivity contribution in [3.05, 3.63) is 48.0 Å². The molecule has 0 heterocycles. The maximum atomic E-state index is 5.86. The Hall–Kier alpha value is -2.16. The zero-order valence-electron chi connectivity index (χ0n) is 11.5. The van der Waals surface area contributed by atoms with Crippen LogP contribution in [0.4, 0.5) is 5.69 Å². The van der Waals surface area contributed by atoms with E-state index in [-0.39, 0.29) is 6.10 Å². The SMILES string of the molecule is Cc1cccc(Oc2cc(N)cc(OC(C)C)c2)c1. The van der Waals surface area contributed by atoms with Crippen molar-refractivity contribution < 1.29 is 9.47 Å². The Balaban J connectivity index is 2.22. The standard InChI is InChI=1S/C16H19NO2/c1-11(2)18-15-8-13(17)9-16(10-15)19-14-6-4-5-12(3)7-14/h4-11H,17H2,1-3H3. The van der Waals surface area contributed by atoms with Crippen molar-refractivity contribution in [3.63, 3.8) is 0 Å². The smallest absolute Gasteiger partial charge is 0.133 e. The van der Waals surface area contributed by atoms with E-state index in [1.54, 1.807) is 12.1 Å². The summed E-state index contributed by atoms with van der Waals surface area (Å²) in [6, 6.07) is 13.3. The van der Waals surface area contributed by atoms with Crippen molar-refractivity contribution in [1.82, 2.24) is 0 Å². The van der Waals surface area contributed by atoms with Crippen molar-refractivity contribution >= 4 is 5.69 Å². The minimum Gasteiger partial charge on any atom is -0.491 e. The Morgan fingerprint density at radius 1 is 0.947 bits per heavy atom. The zero-order chi connectivity index (χ0) is 13.8. The summed E-state index contributed by atoms with van der Waals surface area (Å²) in [5.41, 5.74) is 7.64. The quantitative estimate of drug-likeness (QED) is 0.836. The predicted octanol–water partition coefficient (Wildman–Crippen LogP) is 4.16. The molecule has 0 radical (unpaired) electrons. The largest absolute Gasteiger partial charge is 0.491 e. The lowest BCUT2D eigenvalue weighted by Gasteiger charge is -2.13. The van der Waals surface area contributed by atoms with Gasteiger partial charge in [-0.25, -0.2) is 0 Å². The predicted molar refractivity (Wildman–Crippen MR) is 77.9 cm³/mol. The lowest BCUT2D eigenvalue weighted by Crippen LogP contribution is -2.05. The zero-order valence-corrected chi connectivity index (χ0v) is 11.5. The minimum absolute atomic E-state index is 0.105. The van der Waals surface area contributed by atoms with E-state index in [2.05, 4.69) is 0 Å². The third kappa shape index (κ3) is 3.91. The van der Waals surface area contributed by atoms with Gasteiger partial charge in [0.05, 0.1) is 6.10 Å². The van der Waals surface area contributed by atoms with E-state index in [1.165, 1.54) is 0 Å². The van der Waals surface area contributed by atoms with Crippen molar-refractivity contribution in [2.75, 3.05) is 5.73 Å². The summed E-state index contributed by atoms with van der Waals surface area (Å²) in [4.78, 5) is 0. The summed E-state index contributed by atoms with van der Waals surface area (Å²) < 4.78 is 11.4. The molecule has 0 aliphatic rings. The van der Waals surface area contributed by atoms with Crippen LogP contribution < -0.4 is 15.2 Å². The number of aryl methyl sites for hydroxylation is 1. The summed E-state index contributed by atoms with van der Waals surface area (Å²) in [5.74, 6) is 2.19. The molecule has 0 atom stereocenters. The molecule has 3 heteroatoms. The molecule has 2 aromatic carbocycles. The van der Waals surface area contributed by atoms with Gasteiger partial charge in [0, 0.05) is 23.9 Å². The highest BCUT2D eigenvalue weighted by molar-refractivity contribution is 5.51. The number of benzene rings is 2. The number of anilines is 1. The number of hydrogen-bond donors (Lipinski definition) is 1. The molecule has 3 nitrogen and oxygen atoms in total. The molecule has 0 aliphatic carbocycles. The molecule has 0 aliphatic heterocycles. The molecular weight excluding hydrogens is 238 g/mol.